The van der Waals surface area contributed by atoms with E-state index < -0.39 is 12.8 Å². The van der Waals surface area contributed by atoms with Crippen LogP contribution in [-0.2, 0) is 0 Å². The molecule has 0 saturated carbocycles. The number of aliphatic hydroxyl groups excluding tert-OH is 1. The lowest BCUT2D eigenvalue weighted by Crippen LogP contribution is -2.23. The fourth-order valence-electron chi connectivity index (χ4n) is 2.09. The summed E-state index contributed by atoms with van der Waals surface area (Å²) in [6, 6.07) is 5.03. The van der Waals surface area contributed by atoms with E-state index in [0.29, 0.717) is 22.7 Å². The Morgan fingerprint density at radius 1 is 1.40 bits per heavy atom. The molecule has 0 spiro atoms. The number of anilines is 1. The summed E-state index contributed by atoms with van der Waals surface area (Å²) in [5.41, 5.74) is 1.21. The Bertz CT molecular complexity index is 871. The first-order chi connectivity index (χ1) is 12.1. The van der Waals surface area contributed by atoms with Gasteiger partial charge in [0.25, 0.3) is 0 Å². The number of fused-ring (bicyclic) bond motifs is 1. The van der Waals surface area contributed by atoms with Gasteiger partial charge in [0.2, 0.25) is 5.89 Å². The van der Waals surface area contributed by atoms with E-state index >= 15 is 0 Å². The summed E-state index contributed by atoms with van der Waals surface area (Å²) in [5, 5.41) is 9.92. The van der Waals surface area contributed by atoms with Gasteiger partial charge in [0.05, 0.1) is 6.61 Å². The predicted octanol–water partition coefficient (Wildman–Crippen LogP) is 3.23. The highest BCUT2D eigenvalue weighted by molar-refractivity contribution is 7.16. The van der Waals surface area contributed by atoms with Crippen LogP contribution < -0.4 is 9.64 Å². The van der Waals surface area contributed by atoms with E-state index in [4.69, 9.17) is 14.3 Å². The summed E-state index contributed by atoms with van der Waals surface area (Å²) in [6.07, 6.45) is 4.57. The van der Waals surface area contributed by atoms with Crippen LogP contribution in [0.2, 0.25) is 0 Å². The van der Waals surface area contributed by atoms with Crippen LogP contribution in [-0.4, -0.2) is 48.6 Å². The maximum absolute atomic E-state index is 12.6. The maximum atomic E-state index is 12.6. The largest absolute Gasteiger partial charge is 0.485 e. The normalized spacial score (nSPS) is 12.8. The Morgan fingerprint density at radius 3 is 2.92 bits per heavy atom. The minimum absolute atomic E-state index is 0.386. The third-order valence-electron chi connectivity index (χ3n) is 3.34. The molecule has 2 aromatic heterocycles. The standard InChI is InChI=1S/C17H18FN3O3S/c1-21(2)17-19-9-13(25-17)4-6-16-20-14-5-3-11(7-15(14)24-16)23-12(8-18)10-22/h3-7,9,12,22H,8,10H2,1-2H3. The fraction of sp³-hybridized carbons (Fsp3) is 0.294. The molecular weight excluding hydrogens is 345 g/mol. The molecule has 3 rings (SSSR count). The van der Waals surface area contributed by atoms with E-state index in [2.05, 4.69) is 9.97 Å². The lowest BCUT2D eigenvalue weighted by atomic mass is 10.3. The van der Waals surface area contributed by atoms with Crippen molar-refractivity contribution < 1.29 is 18.7 Å². The molecule has 0 bridgehead atoms. The Balaban J connectivity index is 1.77. The number of aromatic nitrogens is 2. The first kappa shape index (κ1) is 17.4. The molecule has 0 aliphatic heterocycles. The van der Waals surface area contributed by atoms with Gasteiger partial charge in [-0.05, 0) is 18.2 Å². The average Bonchev–Trinajstić information content (AvgIpc) is 3.23. The van der Waals surface area contributed by atoms with Crippen molar-refractivity contribution in [1.29, 1.82) is 0 Å². The number of nitrogens with zero attached hydrogens (tertiary/aromatic N) is 3. The second-order valence-electron chi connectivity index (χ2n) is 5.53. The molecule has 0 aliphatic rings. The average molecular weight is 363 g/mol. The van der Waals surface area contributed by atoms with Gasteiger partial charge in [-0.2, -0.15) is 0 Å². The van der Waals surface area contributed by atoms with Crippen LogP contribution in [0.4, 0.5) is 9.52 Å². The molecule has 0 radical (unpaired) electrons. The molecule has 25 heavy (non-hydrogen) atoms. The van der Waals surface area contributed by atoms with Crippen LogP contribution in [0.25, 0.3) is 23.3 Å². The quantitative estimate of drug-likeness (QED) is 0.695. The van der Waals surface area contributed by atoms with E-state index in [9.17, 15) is 4.39 Å². The Kier molecular flexibility index (Phi) is 5.30. The number of ether oxygens (including phenoxy) is 1. The molecule has 1 atom stereocenters. The molecule has 0 aliphatic carbocycles. The van der Waals surface area contributed by atoms with Crippen LogP contribution in [0, 0.1) is 0 Å². The highest BCUT2D eigenvalue weighted by atomic mass is 32.1. The lowest BCUT2D eigenvalue weighted by molar-refractivity contribution is 0.0932. The zero-order valence-electron chi connectivity index (χ0n) is 13.8. The molecule has 132 valence electrons. The van der Waals surface area contributed by atoms with E-state index in [1.807, 2.05) is 25.1 Å². The number of benzene rings is 1. The smallest absolute Gasteiger partial charge is 0.220 e. The van der Waals surface area contributed by atoms with E-state index in [0.717, 1.165) is 10.0 Å². The zero-order chi connectivity index (χ0) is 17.8. The molecule has 2 heterocycles. The minimum atomic E-state index is -0.878. The molecular formula is C17H18FN3O3S. The third kappa shape index (κ3) is 4.15. The monoisotopic (exact) mass is 363 g/mol. The summed E-state index contributed by atoms with van der Waals surface area (Å²) in [5.74, 6) is 0.880. The third-order valence-corrected chi connectivity index (χ3v) is 4.47. The number of hydrogen-bond donors (Lipinski definition) is 1. The van der Waals surface area contributed by atoms with E-state index in [-0.39, 0.29) is 6.61 Å². The number of alkyl halides is 1. The van der Waals surface area contributed by atoms with Gasteiger partial charge in [-0.3, -0.25) is 0 Å². The van der Waals surface area contributed by atoms with Crippen LogP contribution in [0.5, 0.6) is 5.75 Å². The van der Waals surface area contributed by atoms with Crippen LogP contribution in [0.15, 0.2) is 28.8 Å². The van der Waals surface area contributed by atoms with Crippen molar-refractivity contribution >= 4 is 39.7 Å². The molecule has 3 aromatic rings. The first-order valence-corrected chi connectivity index (χ1v) is 8.46. The lowest BCUT2D eigenvalue weighted by Gasteiger charge is -2.12. The van der Waals surface area contributed by atoms with Gasteiger partial charge in [-0.15, -0.1) is 0 Å². The number of thiazole rings is 1. The predicted molar refractivity (Wildman–Crippen MR) is 96.9 cm³/mol. The van der Waals surface area contributed by atoms with Gasteiger partial charge >= 0.3 is 0 Å². The Morgan fingerprint density at radius 2 is 2.24 bits per heavy atom. The maximum Gasteiger partial charge on any atom is 0.220 e. The number of hydrogen-bond acceptors (Lipinski definition) is 7. The highest BCUT2D eigenvalue weighted by Gasteiger charge is 2.11. The fourth-order valence-corrected chi connectivity index (χ4v) is 2.83. The van der Waals surface area contributed by atoms with Crippen molar-refractivity contribution in [3.8, 4) is 5.75 Å². The van der Waals surface area contributed by atoms with Gasteiger partial charge < -0.3 is 19.2 Å². The molecule has 0 saturated heterocycles. The number of halogens is 1. The van der Waals surface area contributed by atoms with Crippen molar-refractivity contribution in [1.82, 2.24) is 9.97 Å². The van der Waals surface area contributed by atoms with Crippen molar-refractivity contribution in [3.05, 3.63) is 35.2 Å². The summed E-state index contributed by atoms with van der Waals surface area (Å²) < 4.78 is 23.7. The summed E-state index contributed by atoms with van der Waals surface area (Å²) in [6.45, 7) is -1.15. The summed E-state index contributed by atoms with van der Waals surface area (Å²) in [7, 11) is 3.88. The number of rotatable bonds is 7. The molecule has 6 nitrogen and oxygen atoms in total. The van der Waals surface area contributed by atoms with Crippen molar-refractivity contribution in [2.24, 2.45) is 0 Å². The summed E-state index contributed by atoms with van der Waals surface area (Å²) >= 11 is 1.56. The second-order valence-corrected chi connectivity index (χ2v) is 6.57. The van der Waals surface area contributed by atoms with Gasteiger partial charge in [0.1, 0.15) is 24.0 Å². The van der Waals surface area contributed by atoms with Crippen molar-refractivity contribution in [3.63, 3.8) is 0 Å². The van der Waals surface area contributed by atoms with Crippen molar-refractivity contribution in [2.45, 2.75) is 6.10 Å². The molecule has 8 heteroatoms. The SMILES string of the molecule is CN(C)c1ncc(C=Cc2nc3ccc(OC(CO)CF)cc3o2)s1. The van der Waals surface area contributed by atoms with Crippen LogP contribution in [0.3, 0.4) is 0 Å². The second kappa shape index (κ2) is 7.62. The van der Waals surface area contributed by atoms with Gasteiger partial charge in [0.15, 0.2) is 10.7 Å². The van der Waals surface area contributed by atoms with Gasteiger partial charge in [0, 0.05) is 37.3 Å². The molecule has 0 fully saturated rings. The van der Waals surface area contributed by atoms with E-state index in [1.165, 1.54) is 0 Å². The zero-order valence-corrected chi connectivity index (χ0v) is 14.7. The van der Waals surface area contributed by atoms with Gasteiger partial charge in [-0.25, -0.2) is 14.4 Å². The first-order valence-electron chi connectivity index (χ1n) is 7.64. The highest BCUT2D eigenvalue weighted by Crippen LogP contribution is 2.25. The molecule has 1 aromatic carbocycles. The van der Waals surface area contributed by atoms with Crippen molar-refractivity contribution in [2.75, 3.05) is 32.3 Å². The Labute approximate surface area is 148 Å². The van der Waals surface area contributed by atoms with E-state index in [1.54, 1.807) is 41.8 Å². The summed E-state index contributed by atoms with van der Waals surface area (Å²) in [4.78, 5) is 11.6. The number of oxazole rings is 1. The number of aliphatic hydroxyl groups is 1. The topological polar surface area (TPSA) is 71.6 Å². The van der Waals surface area contributed by atoms with Crippen LogP contribution >= 0.6 is 11.3 Å². The van der Waals surface area contributed by atoms with Crippen LogP contribution in [0.1, 0.15) is 10.8 Å². The molecule has 0 amide bonds. The Hall–Kier alpha value is -2.45. The van der Waals surface area contributed by atoms with Gasteiger partial charge in [-0.1, -0.05) is 11.3 Å². The molecule has 1 N–H and O–H groups in total. The molecule has 1 unspecified atom stereocenters. The minimum Gasteiger partial charge on any atom is -0.485 e.